The molecule has 6 rings (SSSR count). The third-order valence-electron chi connectivity index (χ3n) is 6.49. The highest BCUT2D eigenvalue weighted by atomic mass is 19.1. The zero-order chi connectivity index (χ0) is 22.9. The van der Waals surface area contributed by atoms with Crippen LogP contribution in [0.15, 0.2) is 41.6 Å². The molecule has 11 heteroatoms. The van der Waals surface area contributed by atoms with Gasteiger partial charge in [0, 0.05) is 37.2 Å². The van der Waals surface area contributed by atoms with Gasteiger partial charge in [-0.1, -0.05) is 0 Å². The molecule has 10 nitrogen and oxygen atoms in total. The van der Waals surface area contributed by atoms with Gasteiger partial charge in [-0.15, -0.1) is 0 Å². The lowest BCUT2D eigenvalue weighted by Crippen LogP contribution is -2.55. The fourth-order valence-electron chi connectivity index (χ4n) is 5.05. The van der Waals surface area contributed by atoms with Crippen molar-refractivity contribution in [3.8, 4) is 11.4 Å². The molecule has 2 atom stereocenters. The SMILES string of the molecule is Cc1cn2cc(-c3nc(=O)n4cc(N5CC6CCC(C5)N6C(=O)O)ccc4n3)cc(F)c2n1. The molecule has 2 fully saturated rings. The average molecular weight is 449 g/mol. The number of hydrogen-bond acceptors (Lipinski definition) is 6. The molecular formula is C22H20FN7O3. The van der Waals surface area contributed by atoms with Gasteiger partial charge in [-0.25, -0.2) is 28.3 Å². The van der Waals surface area contributed by atoms with Gasteiger partial charge in [-0.3, -0.25) is 4.90 Å². The highest BCUT2D eigenvalue weighted by Gasteiger charge is 2.42. The average Bonchev–Trinajstić information content (AvgIpc) is 3.29. The summed E-state index contributed by atoms with van der Waals surface area (Å²) in [5.74, 6) is -0.386. The maximum Gasteiger partial charge on any atom is 0.407 e. The maximum absolute atomic E-state index is 14.5. The molecule has 4 aromatic heterocycles. The Morgan fingerprint density at radius 3 is 2.58 bits per heavy atom. The lowest BCUT2D eigenvalue weighted by atomic mass is 10.2. The molecule has 1 amide bonds. The maximum atomic E-state index is 14.5. The van der Waals surface area contributed by atoms with E-state index in [0.29, 0.717) is 30.0 Å². The van der Waals surface area contributed by atoms with Crippen LogP contribution in [0.1, 0.15) is 18.5 Å². The van der Waals surface area contributed by atoms with Crippen LogP contribution in [-0.4, -0.2) is 65.0 Å². The molecule has 0 aromatic carbocycles. The molecule has 2 aliphatic heterocycles. The fraction of sp³-hybridized carbons (Fsp3) is 0.318. The number of rotatable bonds is 2. The lowest BCUT2D eigenvalue weighted by molar-refractivity contribution is 0.115. The van der Waals surface area contributed by atoms with Gasteiger partial charge >= 0.3 is 11.8 Å². The third-order valence-corrected chi connectivity index (χ3v) is 6.49. The molecule has 2 aliphatic rings. The summed E-state index contributed by atoms with van der Waals surface area (Å²) in [6.07, 6.45) is 5.82. The Balaban J connectivity index is 1.36. The summed E-state index contributed by atoms with van der Waals surface area (Å²) in [5, 5.41) is 9.47. The molecule has 2 bridgehead atoms. The molecule has 33 heavy (non-hydrogen) atoms. The van der Waals surface area contributed by atoms with Crippen LogP contribution in [0.25, 0.3) is 22.7 Å². The van der Waals surface area contributed by atoms with Crippen LogP contribution in [0.4, 0.5) is 14.9 Å². The summed E-state index contributed by atoms with van der Waals surface area (Å²) in [5.41, 5.74) is 1.94. The number of piperazine rings is 1. The molecule has 0 spiro atoms. The normalized spacial score (nSPS) is 20.2. The van der Waals surface area contributed by atoms with E-state index in [-0.39, 0.29) is 23.6 Å². The molecule has 2 unspecified atom stereocenters. The van der Waals surface area contributed by atoms with E-state index in [9.17, 15) is 19.1 Å². The monoisotopic (exact) mass is 449 g/mol. The Hall–Kier alpha value is -4.02. The van der Waals surface area contributed by atoms with Crippen molar-refractivity contribution in [3.05, 3.63) is 58.8 Å². The van der Waals surface area contributed by atoms with Crippen LogP contribution in [0.2, 0.25) is 0 Å². The number of imidazole rings is 1. The number of hydrogen-bond donors (Lipinski definition) is 1. The minimum atomic E-state index is -0.877. The minimum Gasteiger partial charge on any atom is -0.465 e. The minimum absolute atomic E-state index is 0.0519. The quantitative estimate of drug-likeness (QED) is 0.500. The van der Waals surface area contributed by atoms with E-state index in [1.54, 1.807) is 40.9 Å². The summed E-state index contributed by atoms with van der Waals surface area (Å²) in [7, 11) is 0. The molecule has 168 valence electrons. The molecule has 0 aliphatic carbocycles. The van der Waals surface area contributed by atoms with E-state index >= 15 is 0 Å². The predicted octanol–water partition coefficient (Wildman–Crippen LogP) is 2.18. The number of aromatic nitrogens is 5. The fourth-order valence-corrected chi connectivity index (χ4v) is 5.05. The van der Waals surface area contributed by atoms with Crippen LogP contribution in [0.5, 0.6) is 0 Å². The smallest absolute Gasteiger partial charge is 0.407 e. The molecular weight excluding hydrogens is 429 g/mol. The molecule has 0 saturated carbocycles. The number of carboxylic acid groups (broad SMARTS) is 1. The van der Waals surface area contributed by atoms with Crippen LogP contribution < -0.4 is 10.6 Å². The predicted molar refractivity (Wildman–Crippen MR) is 117 cm³/mol. The van der Waals surface area contributed by atoms with Gasteiger partial charge in [0.1, 0.15) is 5.65 Å². The zero-order valence-electron chi connectivity index (χ0n) is 17.7. The molecule has 0 radical (unpaired) electrons. The number of aryl methyl sites for hydroxylation is 1. The summed E-state index contributed by atoms with van der Waals surface area (Å²) < 4.78 is 17.4. The topological polar surface area (TPSA) is 108 Å². The van der Waals surface area contributed by atoms with Crippen LogP contribution in [-0.2, 0) is 0 Å². The Morgan fingerprint density at radius 1 is 1.09 bits per heavy atom. The van der Waals surface area contributed by atoms with E-state index in [1.807, 2.05) is 6.07 Å². The van der Waals surface area contributed by atoms with Gasteiger partial charge in [0.05, 0.1) is 23.5 Å². The number of anilines is 1. The van der Waals surface area contributed by atoms with Gasteiger partial charge < -0.3 is 14.4 Å². The van der Waals surface area contributed by atoms with E-state index in [4.69, 9.17) is 0 Å². The number of amides is 1. The first kappa shape index (κ1) is 19.6. The summed E-state index contributed by atoms with van der Waals surface area (Å²) in [6, 6.07) is 4.76. The van der Waals surface area contributed by atoms with Crippen molar-refractivity contribution >= 4 is 23.1 Å². The number of nitrogens with zero attached hydrogens (tertiary/aromatic N) is 7. The van der Waals surface area contributed by atoms with Gasteiger partial charge in [0.15, 0.2) is 17.3 Å². The molecule has 2 saturated heterocycles. The second kappa shape index (κ2) is 6.99. The largest absolute Gasteiger partial charge is 0.465 e. The molecule has 1 N–H and O–H groups in total. The Morgan fingerprint density at radius 2 is 1.85 bits per heavy atom. The van der Waals surface area contributed by atoms with Crippen LogP contribution in [0.3, 0.4) is 0 Å². The first-order valence-corrected chi connectivity index (χ1v) is 10.7. The molecule has 6 heterocycles. The number of halogens is 1. The Kier molecular flexibility index (Phi) is 4.16. The van der Waals surface area contributed by atoms with E-state index in [2.05, 4.69) is 19.9 Å². The van der Waals surface area contributed by atoms with E-state index in [1.165, 1.54) is 10.5 Å². The van der Waals surface area contributed by atoms with E-state index in [0.717, 1.165) is 18.5 Å². The zero-order valence-corrected chi connectivity index (χ0v) is 17.7. The summed E-state index contributed by atoms with van der Waals surface area (Å²) in [6.45, 7) is 2.92. The number of pyridine rings is 2. The Labute approximate surface area is 186 Å². The Bertz CT molecular complexity index is 1480. The number of carbonyl (C=O) groups is 1. The number of fused-ring (bicyclic) bond motifs is 4. The first-order chi connectivity index (χ1) is 15.9. The highest BCUT2D eigenvalue weighted by molar-refractivity contribution is 5.68. The standard InChI is InChI=1S/C22H20FN7O3/c1-12-7-28-8-13(6-17(23)20(28)24-12)19-25-18-5-4-14(11-29(18)21(31)26-19)27-9-15-2-3-16(10-27)30(15)22(32)33/h4-8,11,15-16H,2-3,9-10H2,1H3,(H,32,33). The second-order valence-electron chi connectivity index (χ2n) is 8.61. The van der Waals surface area contributed by atoms with Crippen LogP contribution in [0, 0.1) is 12.7 Å². The van der Waals surface area contributed by atoms with Gasteiger partial charge in [-0.05, 0) is 38.0 Å². The highest BCUT2D eigenvalue weighted by Crippen LogP contribution is 2.32. The van der Waals surface area contributed by atoms with Crippen molar-refractivity contribution in [3.63, 3.8) is 0 Å². The van der Waals surface area contributed by atoms with Crippen molar-refractivity contribution in [2.45, 2.75) is 31.8 Å². The van der Waals surface area contributed by atoms with E-state index < -0.39 is 17.6 Å². The van der Waals surface area contributed by atoms with Gasteiger partial charge in [0.25, 0.3) is 0 Å². The van der Waals surface area contributed by atoms with Crippen molar-refractivity contribution in [2.75, 3.05) is 18.0 Å². The first-order valence-electron chi connectivity index (χ1n) is 10.7. The van der Waals surface area contributed by atoms with Crippen LogP contribution >= 0.6 is 0 Å². The van der Waals surface area contributed by atoms with Crippen molar-refractivity contribution in [1.82, 2.24) is 28.7 Å². The van der Waals surface area contributed by atoms with Gasteiger partial charge in [0.2, 0.25) is 0 Å². The van der Waals surface area contributed by atoms with Crippen molar-refractivity contribution < 1.29 is 14.3 Å². The third kappa shape index (κ3) is 3.11. The summed E-state index contributed by atoms with van der Waals surface area (Å²) >= 11 is 0. The lowest BCUT2D eigenvalue weighted by Gasteiger charge is -2.40. The molecule has 4 aromatic rings. The van der Waals surface area contributed by atoms with Crippen molar-refractivity contribution in [1.29, 1.82) is 0 Å². The van der Waals surface area contributed by atoms with Crippen molar-refractivity contribution in [2.24, 2.45) is 0 Å². The van der Waals surface area contributed by atoms with Gasteiger partial charge in [-0.2, -0.15) is 4.98 Å². The second-order valence-corrected chi connectivity index (χ2v) is 8.61. The summed E-state index contributed by atoms with van der Waals surface area (Å²) in [4.78, 5) is 40.7.